The predicted molar refractivity (Wildman–Crippen MR) is 116 cm³/mol. The van der Waals surface area contributed by atoms with Crippen LogP contribution in [0.3, 0.4) is 0 Å². The Hall–Kier alpha value is -3.39. The molecule has 1 heterocycles. The van der Waals surface area contributed by atoms with Crippen LogP contribution in [0.1, 0.15) is 30.1 Å². The van der Waals surface area contributed by atoms with Gasteiger partial charge in [0, 0.05) is 42.7 Å². The first-order valence-electron chi connectivity index (χ1n) is 9.91. The average Bonchev–Trinajstić information content (AvgIpc) is 3.24. The maximum absolute atomic E-state index is 12.2. The molecule has 1 fully saturated rings. The van der Waals surface area contributed by atoms with Gasteiger partial charge in [-0.15, -0.1) is 0 Å². The van der Waals surface area contributed by atoms with Crippen molar-refractivity contribution in [2.75, 3.05) is 35.6 Å². The topological polar surface area (TPSA) is 109 Å². The molecule has 4 N–H and O–H groups in total. The predicted octanol–water partition coefficient (Wildman–Crippen LogP) is 2.60. The minimum Gasteiger partial charge on any atom is -0.376 e. The number of carbonyl (C=O) groups excluding carboxylic acids is 3. The summed E-state index contributed by atoms with van der Waals surface area (Å²) < 4.78 is 5.50. The number of amides is 3. The Morgan fingerprint density at radius 1 is 1.00 bits per heavy atom. The first-order valence-corrected chi connectivity index (χ1v) is 9.91. The van der Waals surface area contributed by atoms with Crippen molar-refractivity contribution in [3.05, 3.63) is 54.1 Å². The van der Waals surface area contributed by atoms with Crippen molar-refractivity contribution in [2.45, 2.75) is 25.9 Å². The van der Waals surface area contributed by atoms with E-state index in [2.05, 4.69) is 21.3 Å². The lowest BCUT2D eigenvalue weighted by Gasteiger charge is -2.12. The van der Waals surface area contributed by atoms with Crippen LogP contribution in [0.15, 0.2) is 48.5 Å². The van der Waals surface area contributed by atoms with Crippen LogP contribution in [-0.2, 0) is 14.3 Å². The number of ether oxygens (including phenoxy) is 1. The Morgan fingerprint density at radius 2 is 1.73 bits per heavy atom. The highest BCUT2D eigenvalue weighted by atomic mass is 16.5. The third-order valence-electron chi connectivity index (χ3n) is 4.58. The summed E-state index contributed by atoms with van der Waals surface area (Å²) in [5.41, 5.74) is 2.48. The van der Waals surface area contributed by atoms with Crippen molar-refractivity contribution in [1.82, 2.24) is 5.32 Å². The van der Waals surface area contributed by atoms with Crippen molar-refractivity contribution < 1.29 is 19.1 Å². The van der Waals surface area contributed by atoms with Crippen LogP contribution in [0.2, 0.25) is 0 Å². The fraction of sp³-hybridized carbons (Fsp3) is 0.318. The number of anilines is 3. The summed E-state index contributed by atoms with van der Waals surface area (Å²) in [6.45, 7) is 2.76. The van der Waals surface area contributed by atoms with Crippen LogP contribution in [0.4, 0.5) is 17.1 Å². The molecule has 1 atom stereocenters. The Morgan fingerprint density at radius 3 is 2.40 bits per heavy atom. The molecule has 3 rings (SSSR count). The van der Waals surface area contributed by atoms with Crippen LogP contribution < -0.4 is 21.3 Å². The second-order valence-corrected chi connectivity index (χ2v) is 7.09. The number of nitrogens with one attached hydrogen (secondary N) is 4. The van der Waals surface area contributed by atoms with E-state index in [4.69, 9.17) is 4.74 Å². The quantitative estimate of drug-likeness (QED) is 0.535. The van der Waals surface area contributed by atoms with Crippen molar-refractivity contribution >= 4 is 34.8 Å². The van der Waals surface area contributed by atoms with E-state index < -0.39 is 0 Å². The molecule has 1 saturated heterocycles. The first kappa shape index (κ1) is 21.3. The van der Waals surface area contributed by atoms with Gasteiger partial charge in [-0.2, -0.15) is 0 Å². The summed E-state index contributed by atoms with van der Waals surface area (Å²) in [5, 5.41) is 11.3. The Bertz CT molecular complexity index is 892. The molecule has 0 aromatic heterocycles. The van der Waals surface area contributed by atoms with E-state index in [1.165, 1.54) is 6.92 Å². The van der Waals surface area contributed by atoms with Crippen molar-refractivity contribution in [3.8, 4) is 0 Å². The maximum atomic E-state index is 12.2. The summed E-state index contributed by atoms with van der Waals surface area (Å²) in [5.74, 6) is -0.550. The van der Waals surface area contributed by atoms with E-state index in [0.29, 0.717) is 23.5 Å². The minimum absolute atomic E-state index is 0.0644. The summed E-state index contributed by atoms with van der Waals surface area (Å²) in [6, 6.07) is 13.8. The van der Waals surface area contributed by atoms with Gasteiger partial charge in [0.15, 0.2) is 0 Å². The third-order valence-corrected chi connectivity index (χ3v) is 4.58. The molecule has 1 aliphatic heterocycles. The van der Waals surface area contributed by atoms with Gasteiger partial charge in [-0.3, -0.25) is 14.4 Å². The molecule has 0 aliphatic carbocycles. The van der Waals surface area contributed by atoms with Crippen LogP contribution in [0.25, 0.3) is 0 Å². The lowest BCUT2D eigenvalue weighted by molar-refractivity contribution is -0.115. The maximum Gasteiger partial charge on any atom is 0.251 e. The van der Waals surface area contributed by atoms with E-state index in [0.717, 1.165) is 25.1 Å². The van der Waals surface area contributed by atoms with Crippen LogP contribution >= 0.6 is 0 Å². The summed E-state index contributed by atoms with van der Waals surface area (Å²) in [7, 11) is 0. The normalized spacial score (nSPS) is 15.3. The lowest BCUT2D eigenvalue weighted by atomic mass is 10.2. The number of rotatable bonds is 8. The standard InChI is InChI=1S/C22H26N4O4/c1-15(27)25-18-4-2-5-19(12-18)26-21(28)14-23-17-9-7-16(8-10-17)22(29)24-13-20-6-3-11-30-20/h2,4-5,7-10,12,20,23H,3,6,11,13-14H2,1H3,(H,24,29)(H,25,27)(H,26,28). The Labute approximate surface area is 175 Å². The Kier molecular flexibility index (Phi) is 7.40. The molecule has 1 aliphatic rings. The highest BCUT2D eigenvalue weighted by Crippen LogP contribution is 2.15. The first-order chi connectivity index (χ1) is 14.5. The molecule has 8 heteroatoms. The highest BCUT2D eigenvalue weighted by molar-refractivity contribution is 5.96. The molecule has 0 bridgehead atoms. The van der Waals surface area contributed by atoms with Crippen molar-refractivity contribution in [3.63, 3.8) is 0 Å². The third kappa shape index (κ3) is 6.59. The summed E-state index contributed by atoms with van der Waals surface area (Å²) in [6.07, 6.45) is 2.12. The van der Waals surface area contributed by atoms with Gasteiger partial charge in [0.1, 0.15) is 0 Å². The second kappa shape index (κ2) is 10.4. The van der Waals surface area contributed by atoms with Gasteiger partial charge in [0.05, 0.1) is 12.6 Å². The molecule has 2 aromatic carbocycles. The molecule has 1 unspecified atom stereocenters. The van der Waals surface area contributed by atoms with Crippen LogP contribution in [-0.4, -0.2) is 43.5 Å². The van der Waals surface area contributed by atoms with Gasteiger partial charge < -0.3 is 26.0 Å². The molecule has 0 radical (unpaired) electrons. The fourth-order valence-electron chi connectivity index (χ4n) is 3.12. The number of benzene rings is 2. The SMILES string of the molecule is CC(=O)Nc1cccc(NC(=O)CNc2ccc(C(=O)NCC3CCCO3)cc2)c1. The van der Waals surface area contributed by atoms with Crippen molar-refractivity contribution in [2.24, 2.45) is 0 Å². The van der Waals surface area contributed by atoms with Crippen LogP contribution in [0, 0.1) is 0 Å². The molecule has 0 spiro atoms. The van der Waals surface area contributed by atoms with Crippen LogP contribution in [0.5, 0.6) is 0 Å². The fourth-order valence-corrected chi connectivity index (χ4v) is 3.12. The van der Waals surface area contributed by atoms with E-state index in [9.17, 15) is 14.4 Å². The number of hydrogen-bond acceptors (Lipinski definition) is 5. The smallest absolute Gasteiger partial charge is 0.251 e. The second-order valence-electron chi connectivity index (χ2n) is 7.09. The summed E-state index contributed by atoms with van der Waals surface area (Å²) in [4.78, 5) is 35.5. The van der Waals surface area contributed by atoms with E-state index in [-0.39, 0.29) is 30.4 Å². The number of carbonyl (C=O) groups is 3. The largest absolute Gasteiger partial charge is 0.376 e. The molecule has 2 aromatic rings. The molecule has 158 valence electrons. The molecule has 0 saturated carbocycles. The highest BCUT2D eigenvalue weighted by Gasteiger charge is 2.16. The van der Waals surface area contributed by atoms with E-state index in [1.54, 1.807) is 48.5 Å². The van der Waals surface area contributed by atoms with Gasteiger partial charge >= 0.3 is 0 Å². The van der Waals surface area contributed by atoms with E-state index >= 15 is 0 Å². The zero-order valence-electron chi connectivity index (χ0n) is 16.9. The Balaban J connectivity index is 1.44. The van der Waals surface area contributed by atoms with Gasteiger partial charge in [0.25, 0.3) is 5.91 Å². The lowest BCUT2D eigenvalue weighted by Crippen LogP contribution is -2.31. The average molecular weight is 410 g/mol. The molecular weight excluding hydrogens is 384 g/mol. The summed E-state index contributed by atoms with van der Waals surface area (Å²) >= 11 is 0. The molecule has 30 heavy (non-hydrogen) atoms. The minimum atomic E-state index is -0.228. The monoisotopic (exact) mass is 410 g/mol. The van der Waals surface area contributed by atoms with E-state index in [1.807, 2.05) is 0 Å². The zero-order chi connectivity index (χ0) is 21.3. The molecule has 8 nitrogen and oxygen atoms in total. The zero-order valence-corrected chi connectivity index (χ0v) is 16.9. The molecular formula is C22H26N4O4. The van der Waals surface area contributed by atoms with Gasteiger partial charge in [-0.25, -0.2) is 0 Å². The van der Waals surface area contributed by atoms with Crippen molar-refractivity contribution in [1.29, 1.82) is 0 Å². The van der Waals surface area contributed by atoms with Gasteiger partial charge in [-0.05, 0) is 55.3 Å². The number of hydrogen-bond donors (Lipinski definition) is 4. The molecule has 3 amide bonds. The van der Waals surface area contributed by atoms with Gasteiger partial charge in [0.2, 0.25) is 11.8 Å². The van der Waals surface area contributed by atoms with Gasteiger partial charge in [-0.1, -0.05) is 6.07 Å².